The molecule has 2 nitrogen and oxygen atoms in total. The van der Waals surface area contributed by atoms with Gasteiger partial charge in [0.25, 0.3) is 0 Å². The summed E-state index contributed by atoms with van der Waals surface area (Å²) in [7, 11) is 3.93. The lowest BCUT2D eigenvalue weighted by molar-refractivity contribution is 0.471. The maximum atomic E-state index is 12.9. The molecule has 17 heavy (non-hydrogen) atoms. The Bertz CT molecular complexity index is 520. The van der Waals surface area contributed by atoms with E-state index >= 15 is 0 Å². The second-order valence-corrected chi connectivity index (χ2v) is 4.10. The molecule has 0 saturated heterocycles. The highest BCUT2D eigenvalue weighted by atomic mass is 19.1. The van der Waals surface area contributed by atoms with Gasteiger partial charge in [0.15, 0.2) is 0 Å². The summed E-state index contributed by atoms with van der Waals surface area (Å²) in [5.41, 5.74) is 2.58. The highest BCUT2D eigenvalue weighted by molar-refractivity contribution is 5.71. The van der Waals surface area contributed by atoms with E-state index in [1.165, 1.54) is 6.07 Å². The Labute approximate surface area is 99.9 Å². The molecule has 0 bridgehead atoms. The van der Waals surface area contributed by atoms with Crippen LogP contribution in [-0.4, -0.2) is 19.2 Å². The van der Waals surface area contributed by atoms with Crippen molar-refractivity contribution in [1.29, 1.82) is 0 Å². The maximum absolute atomic E-state index is 12.9. The lowest BCUT2D eigenvalue weighted by atomic mass is 10.0. The lowest BCUT2D eigenvalue weighted by Crippen LogP contribution is -2.07. The molecule has 1 N–H and O–H groups in total. The molecule has 0 heterocycles. The van der Waals surface area contributed by atoms with E-state index in [-0.39, 0.29) is 5.75 Å². The number of anilines is 1. The molecule has 88 valence electrons. The largest absolute Gasteiger partial charge is 0.507 e. The van der Waals surface area contributed by atoms with Crippen molar-refractivity contribution in [3.05, 3.63) is 48.3 Å². The third-order valence-corrected chi connectivity index (χ3v) is 2.65. The van der Waals surface area contributed by atoms with Gasteiger partial charge in [0.1, 0.15) is 11.6 Å². The molecule has 0 aliphatic heterocycles. The Morgan fingerprint density at radius 1 is 1.00 bits per heavy atom. The van der Waals surface area contributed by atoms with Gasteiger partial charge < -0.3 is 10.0 Å². The van der Waals surface area contributed by atoms with Crippen molar-refractivity contribution in [2.75, 3.05) is 19.0 Å². The Kier molecular flexibility index (Phi) is 3.00. The summed E-state index contributed by atoms with van der Waals surface area (Å²) in [6.45, 7) is 0. The van der Waals surface area contributed by atoms with E-state index < -0.39 is 5.82 Å². The zero-order valence-corrected chi connectivity index (χ0v) is 9.81. The van der Waals surface area contributed by atoms with E-state index in [0.717, 1.165) is 17.3 Å². The molecule has 2 aromatic carbocycles. The third-order valence-electron chi connectivity index (χ3n) is 2.65. The number of hydrogen-bond donors (Lipinski definition) is 1. The summed E-state index contributed by atoms with van der Waals surface area (Å²) in [6.07, 6.45) is 0. The number of rotatable bonds is 2. The molecule has 0 saturated carbocycles. The number of aromatic hydroxyl groups is 1. The third kappa shape index (κ3) is 2.38. The van der Waals surface area contributed by atoms with Gasteiger partial charge in [-0.05, 0) is 29.8 Å². The van der Waals surface area contributed by atoms with Crippen molar-refractivity contribution in [2.24, 2.45) is 0 Å². The summed E-state index contributed by atoms with van der Waals surface area (Å²) in [5.74, 6) is -0.473. The van der Waals surface area contributed by atoms with Crippen LogP contribution in [0.25, 0.3) is 11.1 Å². The molecule has 0 atom stereocenters. The summed E-state index contributed by atoms with van der Waals surface area (Å²) in [5, 5.41) is 9.67. The molecule has 2 aromatic rings. The lowest BCUT2D eigenvalue weighted by Gasteiger charge is -2.13. The summed E-state index contributed by atoms with van der Waals surface area (Å²) >= 11 is 0. The Morgan fingerprint density at radius 2 is 1.65 bits per heavy atom. The van der Waals surface area contributed by atoms with Crippen molar-refractivity contribution in [3.8, 4) is 16.9 Å². The number of phenols is 1. The zero-order valence-electron chi connectivity index (χ0n) is 9.81. The normalized spacial score (nSPS) is 10.3. The Balaban J connectivity index is 2.40. The number of halogens is 1. The molecule has 3 heteroatoms. The molecular formula is C14H14FNO. The summed E-state index contributed by atoms with van der Waals surface area (Å²) in [4.78, 5) is 1.99. The number of benzene rings is 2. The topological polar surface area (TPSA) is 23.5 Å². The van der Waals surface area contributed by atoms with E-state index in [1.54, 1.807) is 6.07 Å². The zero-order chi connectivity index (χ0) is 12.4. The first kappa shape index (κ1) is 11.5. The van der Waals surface area contributed by atoms with Crippen LogP contribution < -0.4 is 4.90 Å². The second kappa shape index (κ2) is 4.45. The SMILES string of the molecule is CN(C)c1ccc(-c2ccc(F)cc2O)cc1. The van der Waals surface area contributed by atoms with Crippen molar-refractivity contribution in [3.63, 3.8) is 0 Å². The van der Waals surface area contributed by atoms with Gasteiger partial charge in [0, 0.05) is 31.4 Å². The van der Waals surface area contributed by atoms with E-state index in [0.29, 0.717) is 5.56 Å². The van der Waals surface area contributed by atoms with E-state index in [2.05, 4.69) is 0 Å². The average molecular weight is 231 g/mol. The summed E-state index contributed by atoms with van der Waals surface area (Å²) < 4.78 is 12.9. The molecule has 0 aliphatic carbocycles. The van der Waals surface area contributed by atoms with Gasteiger partial charge in [-0.2, -0.15) is 0 Å². The molecule has 0 aromatic heterocycles. The second-order valence-electron chi connectivity index (χ2n) is 4.10. The standard InChI is InChI=1S/C14H14FNO/c1-16(2)12-6-3-10(4-7-12)13-8-5-11(15)9-14(13)17/h3-9,17H,1-2H3. The maximum Gasteiger partial charge on any atom is 0.126 e. The summed E-state index contributed by atoms with van der Waals surface area (Å²) in [6, 6.07) is 11.8. The van der Waals surface area contributed by atoms with Crippen LogP contribution in [0.5, 0.6) is 5.75 Å². The minimum absolute atomic E-state index is 0.0393. The molecule has 0 unspecified atom stereocenters. The van der Waals surface area contributed by atoms with E-state index in [9.17, 15) is 9.50 Å². The number of hydrogen-bond acceptors (Lipinski definition) is 2. The van der Waals surface area contributed by atoms with E-state index in [4.69, 9.17) is 0 Å². The molecule has 0 aliphatic rings. The van der Waals surface area contributed by atoms with Crippen molar-refractivity contribution < 1.29 is 9.50 Å². The first-order valence-electron chi connectivity index (χ1n) is 5.34. The van der Waals surface area contributed by atoms with Gasteiger partial charge in [-0.3, -0.25) is 0 Å². The van der Waals surface area contributed by atoms with Crippen LogP contribution in [-0.2, 0) is 0 Å². The van der Waals surface area contributed by atoms with Crippen molar-refractivity contribution in [1.82, 2.24) is 0 Å². The first-order chi connectivity index (χ1) is 8.08. The van der Waals surface area contributed by atoms with Crippen molar-refractivity contribution in [2.45, 2.75) is 0 Å². The fourth-order valence-corrected chi connectivity index (χ4v) is 1.69. The van der Waals surface area contributed by atoms with Crippen LogP contribution in [0.1, 0.15) is 0 Å². The predicted octanol–water partition coefficient (Wildman–Crippen LogP) is 3.26. The van der Waals surface area contributed by atoms with Gasteiger partial charge in [-0.1, -0.05) is 12.1 Å². The van der Waals surface area contributed by atoms with Gasteiger partial charge in [-0.25, -0.2) is 4.39 Å². The van der Waals surface area contributed by atoms with Gasteiger partial charge in [-0.15, -0.1) is 0 Å². The van der Waals surface area contributed by atoms with Crippen LogP contribution in [0.15, 0.2) is 42.5 Å². The minimum atomic E-state index is -0.434. The smallest absolute Gasteiger partial charge is 0.126 e. The fourth-order valence-electron chi connectivity index (χ4n) is 1.69. The molecular weight excluding hydrogens is 217 g/mol. The predicted molar refractivity (Wildman–Crippen MR) is 67.8 cm³/mol. The van der Waals surface area contributed by atoms with Crippen LogP contribution in [0, 0.1) is 5.82 Å². The Morgan fingerprint density at radius 3 is 2.18 bits per heavy atom. The van der Waals surface area contributed by atoms with Crippen LogP contribution in [0.4, 0.5) is 10.1 Å². The molecule has 2 rings (SSSR count). The molecule has 0 spiro atoms. The van der Waals surface area contributed by atoms with Crippen molar-refractivity contribution >= 4 is 5.69 Å². The minimum Gasteiger partial charge on any atom is -0.507 e. The van der Waals surface area contributed by atoms with Gasteiger partial charge >= 0.3 is 0 Å². The molecule has 0 radical (unpaired) electrons. The molecule has 0 fully saturated rings. The fraction of sp³-hybridized carbons (Fsp3) is 0.143. The highest BCUT2D eigenvalue weighted by Gasteiger charge is 2.05. The number of phenolic OH excluding ortho intramolecular Hbond substituents is 1. The quantitative estimate of drug-likeness (QED) is 0.857. The first-order valence-corrected chi connectivity index (χ1v) is 5.34. The number of nitrogens with zero attached hydrogens (tertiary/aromatic N) is 1. The highest BCUT2D eigenvalue weighted by Crippen LogP contribution is 2.30. The van der Waals surface area contributed by atoms with Crippen LogP contribution in [0.3, 0.4) is 0 Å². The van der Waals surface area contributed by atoms with Crippen LogP contribution >= 0.6 is 0 Å². The monoisotopic (exact) mass is 231 g/mol. The average Bonchev–Trinajstić information content (AvgIpc) is 2.29. The van der Waals surface area contributed by atoms with Gasteiger partial charge in [0.2, 0.25) is 0 Å². The Hall–Kier alpha value is -2.03. The van der Waals surface area contributed by atoms with Gasteiger partial charge in [0.05, 0.1) is 0 Å². The molecule has 0 amide bonds. The van der Waals surface area contributed by atoms with E-state index in [1.807, 2.05) is 43.3 Å². The van der Waals surface area contributed by atoms with Crippen LogP contribution in [0.2, 0.25) is 0 Å².